The molecule has 0 aromatic carbocycles. The molecule has 1 aliphatic carbocycles. The van der Waals surface area contributed by atoms with Gasteiger partial charge in [0.2, 0.25) is 0 Å². The summed E-state index contributed by atoms with van der Waals surface area (Å²) in [6.07, 6.45) is 3.10. The molecular weight excluding hydrogens is 176 g/mol. The van der Waals surface area contributed by atoms with Crippen molar-refractivity contribution in [2.45, 2.75) is 31.8 Å². The Morgan fingerprint density at radius 2 is 2.33 bits per heavy atom. The van der Waals surface area contributed by atoms with Crippen LogP contribution in [0.2, 0.25) is 0 Å². The number of carbonyl (C=O) groups excluding carboxylic acids is 1. The van der Waals surface area contributed by atoms with Crippen molar-refractivity contribution in [2.24, 2.45) is 0 Å². The van der Waals surface area contributed by atoms with Crippen LogP contribution in [0.5, 0.6) is 0 Å². The summed E-state index contributed by atoms with van der Waals surface area (Å²) >= 11 is 5.86. The lowest BCUT2D eigenvalue weighted by molar-refractivity contribution is -0.106. The number of halogens is 1. The lowest BCUT2D eigenvalue weighted by Gasteiger charge is -2.32. The summed E-state index contributed by atoms with van der Waals surface area (Å²) in [6.45, 7) is 2.00. The minimum Gasteiger partial charge on any atom is -0.378 e. The van der Waals surface area contributed by atoms with Gasteiger partial charge < -0.3 is 4.74 Å². The highest BCUT2D eigenvalue weighted by Crippen LogP contribution is 2.35. The molecule has 0 amide bonds. The topological polar surface area (TPSA) is 26.3 Å². The third-order valence-corrected chi connectivity index (χ3v) is 2.85. The molecule has 0 bridgehead atoms. The van der Waals surface area contributed by atoms with Gasteiger partial charge in [0.25, 0.3) is 0 Å². The van der Waals surface area contributed by atoms with E-state index in [4.69, 9.17) is 16.3 Å². The van der Waals surface area contributed by atoms with Gasteiger partial charge in [-0.15, -0.1) is 0 Å². The number of aldehydes is 1. The first kappa shape index (κ1) is 9.75. The summed E-state index contributed by atoms with van der Waals surface area (Å²) in [4.78, 5) is 10.6. The summed E-state index contributed by atoms with van der Waals surface area (Å²) in [7, 11) is 1.67. The van der Waals surface area contributed by atoms with Gasteiger partial charge in [0.15, 0.2) is 0 Å². The first-order valence-corrected chi connectivity index (χ1v) is 4.37. The summed E-state index contributed by atoms with van der Waals surface area (Å²) in [5.74, 6) is 0. The Morgan fingerprint density at radius 3 is 2.83 bits per heavy atom. The standard InChI is InChI=1S/C9H13ClO2/c1-9(12-2)4-3-8(10)7(5-9)6-11/h6H,3-5H2,1-2H3. The molecule has 1 atom stereocenters. The van der Waals surface area contributed by atoms with Gasteiger partial charge in [-0.25, -0.2) is 0 Å². The third-order valence-electron chi connectivity index (χ3n) is 2.42. The van der Waals surface area contributed by atoms with Crippen LogP contribution in [0.4, 0.5) is 0 Å². The number of hydrogen-bond acceptors (Lipinski definition) is 2. The molecule has 0 fully saturated rings. The molecule has 1 rings (SSSR count). The summed E-state index contributed by atoms with van der Waals surface area (Å²) in [5.41, 5.74) is 0.488. The van der Waals surface area contributed by atoms with Crippen LogP contribution in [0.15, 0.2) is 10.6 Å². The summed E-state index contributed by atoms with van der Waals surface area (Å²) in [6, 6.07) is 0. The fraction of sp³-hybridized carbons (Fsp3) is 0.667. The smallest absolute Gasteiger partial charge is 0.147 e. The summed E-state index contributed by atoms with van der Waals surface area (Å²) < 4.78 is 5.31. The maximum absolute atomic E-state index is 10.6. The summed E-state index contributed by atoms with van der Waals surface area (Å²) in [5, 5.41) is 0.694. The van der Waals surface area contributed by atoms with E-state index in [1.807, 2.05) is 6.92 Å². The maximum Gasteiger partial charge on any atom is 0.147 e. The normalized spacial score (nSPS) is 30.6. The van der Waals surface area contributed by atoms with Gasteiger partial charge in [0, 0.05) is 24.1 Å². The molecule has 0 aromatic heterocycles. The zero-order valence-corrected chi connectivity index (χ0v) is 8.15. The van der Waals surface area contributed by atoms with Gasteiger partial charge in [0.05, 0.1) is 5.60 Å². The molecule has 12 heavy (non-hydrogen) atoms. The molecule has 0 heterocycles. The number of rotatable bonds is 2. The monoisotopic (exact) mass is 188 g/mol. The average Bonchev–Trinajstić information content (AvgIpc) is 2.10. The minimum atomic E-state index is -0.200. The predicted molar refractivity (Wildman–Crippen MR) is 48.2 cm³/mol. The molecule has 0 N–H and O–H groups in total. The van der Waals surface area contributed by atoms with Gasteiger partial charge in [-0.2, -0.15) is 0 Å². The van der Waals surface area contributed by atoms with Crippen molar-refractivity contribution < 1.29 is 9.53 Å². The number of ether oxygens (including phenoxy) is 1. The first-order chi connectivity index (χ1) is 5.61. The highest BCUT2D eigenvalue weighted by atomic mass is 35.5. The van der Waals surface area contributed by atoms with Crippen LogP contribution in [0.1, 0.15) is 26.2 Å². The quantitative estimate of drug-likeness (QED) is 0.622. The van der Waals surface area contributed by atoms with Gasteiger partial charge in [-0.3, -0.25) is 4.79 Å². The zero-order valence-electron chi connectivity index (χ0n) is 7.39. The molecule has 0 aromatic rings. The van der Waals surface area contributed by atoms with Crippen molar-refractivity contribution in [3.05, 3.63) is 10.6 Å². The molecule has 3 heteroatoms. The van der Waals surface area contributed by atoms with Crippen molar-refractivity contribution in [1.82, 2.24) is 0 Å². The highest BCUT2D eigenvalue weighted by molar-refractivity contribution is 6.31. The Bertz CT molecular complexity index is 223. The highest BCUT2D eigenvalue weighted by Gasteiger charge is 2.30. The van der Waals surface area contributed by atoms with E-state index in [2.05, 4.69) is 0 Å². The number of methoxy groups -OCH3 is 1. The molecule has 0 spiro atoms. The number of allylic oxidation sites excluding steroid dienone is 1. The molecule has 2 nitrogen and oxygen atoms in total. The third kappa shape index (κ3) is 1.87. The minimum absolute atomic E-state index is 0.200. The Hall–Kier alpha value is -0.340. The second kappa shape index (κ2) is 3.58. The van der Waals surface area contributed by atoms with Crippen molar-refractivity contribution in [2.75, 3.05) is 7.11 Å². The van der Waals surface area contributed by atoms with Crippen LogP contribution in [0.25, 0.3) is 0 Å². The second-order valence-corrected chi connectivity index (χ2v) is 3.84. The Kier molecular flexibility index (Phi) is 2.91. The van der Waals surface area contributed by atoms with Gasteiger partial charge in [-0.05, 0) is 19.8 Å². The van der Waals surface area contributed by atoms with E-state index in [1.54, 1.807) is 7.11 Å². The van der Waals surface area contributed by atoms with E-state index in [0.29, 0.717) is 17.0 Å². The molecular formula is C9H13ClO2. The van der Waals surface area contributed by atoms with Crippen LogP contribution < -0.4 is 0 Å². The van der Waals surface area contributed by atoms with E-state index in [0.717, 1.165) is 19.1 Å². The second-order valence-electron chi connectivity index (χ2n) is 3.38. The number of carbonyl (C=O) groups is 1. The number of hydrogen-bond donors (Lipinski definition) is 0. The van der Waals surface area contributed by atoms with E-state index >= 15 is 0 Å². The molecule has 0 saturated carbocycles. The van der Waals surface area contributed by atoms with Gasteiger partial charge in [0.1, 0.15) is 6.29 Å². The molecule has 1 unspecified atom stereocenters. The van der Waals surface area contributed by atoms with E-state index < -0.39 is 0 Å². The molecule has 0 radical (unpaired) electrons. The van der Waals surface area contributed by atoms with Crippen LogP contribution in [0, 0.1) is 0 Å². The van der Waals surface area contributed by atoms with Crippen LogP contribution in [-0.4, -0.2) is 19.0 Å². The SMILES string of the molecule is COC1(C)CCC(Cl)=C(C=O)C1. The molecule has 0 aliphatic heterocycles. The van der Waals surface area contributed by atoms with Crippen molar-refractivity contribution >= 4 is 17.9 Å². The zero-order chi connectivity index (χ0) is 9.19. The first-order valence-electron chi connectivity index (χ1n) is 3.99. The van der Waals surface area contributed by atoms with E-state index in [-0.39, 0.29) is 5.60 Å². The molecule has 1 aliphatic rings. The van der Waals surface area contributed by atoms with E-state index in [9.17, 15) is 4.79 Å². The largest absolute Gasteiger partial charge is 0.378 e. The lowest BCUT2D eigenvalue weighted by Crippen LogP contribution is -2.31. The fourth-order valence-electron chi connectivity index (χ4n) is 1.40. The Balaban J connectivity index is 2.80. The van der Waals surface area contributed by atoms with Crippen molar-refractivity contribution in [3.63, 3.8) is 0 Å². The lowest BCUT2D eigenvalue weighted by atomic mass is 9.86. The Morgan fingerprint density at radius 1 is 1.67 bits per heavy atom. The van der Waals surface area contributed by atoms with Gasteiger partial charge >= 0.3 is 0 Å². The predicted octanol–water partition coefficient (Wildman–Crippen LogP) is 2.27. The molecule has 0 saturated heterocycles. The van der Waals surface area contributed by atoms with Crippen molar-refractivity contribution in [1.29, 1.82) is 0 Å². The Labute approximate surface area is 77.5 Å². The van der Waals surface area contributed by atoms with Crippen LogP contribution in [-0.2, 0) is 9.53 Å². The maximum atomic E-state index is 10.6. The van der Waals surface area contributed by atoms with Crippen LogP contribution in [0.3, 0.4) is 0 Å². The van der Waals surface area contributed by atoms with Gasteiger partial charge in [-0.1, -0.05) is 11.6 Å². The average molecular weight is 189 g/mol. The van der Waals surface area contributed by atoms with Crippen LogP contribution >= 0.6 is 11.6 Å². The molecule has 68 valence electrons. The fourth-order valence-corrected chi connectivity index (χ4v) is 1.61. The van der Waals surface area contributed by atoms with E-state index in [1.165, 1.54) is 0 Å². The van der Waals surface area contributed by atoms with Crippen molar-refractivity contribution in [3.8, 4) is 0 Å².